The average Bonchev–Trinajstić information content (AvgIpc) is 3.31. The fourth-order valence-electron chi connectivity index (χ4n) is 5.52. The van der Waals surface area contributed by atoms with Gasteiger partial charge in [0.1, 0.15) is 11.9 Å². The zero-order valence-electron chi connectivity index (χ0n) is 23.3. The highest BCUT2D eigenvalue weighted by Crippen LogP contribution is 2.49. The van der Waals surface area contributed by atoms with Crippen molar-refractivity contribution in [2.45, 2.75) is 82.8 Å². The molecule has 1 N–H and O–H groups in total. The minimum absolute atomic E-state index is 0.0410. The maximum Gasteiger partial charge on any atom is 0.253 e. The second-order valence-corrected chi connectivity index (χ2v) is 14.9. The number of carbonyl (C=O) groups is 1. The van der Waals surface area contributed by atoms with Crippen molar-refractivity contribution in [3.63, 3.8) is 0 Å². The van der Waals surface area contributed by atoms with E-state index in [4.69, 9.17) is 28.2 Å². The molecule has 2 saturated carbocycles. The summed E-state index contributed by atoms with van der Waals surface area (Å²) in [5, 5.41) is 3.82. The number of benzene rings is 1. The van der Waals surface area contributed by atoms with Crippen molar-refractivity contribution in [2.75, 3.05) is 25.9 Å². The molecule has 0 spiro atoms. The van der Waals surface area contributed by atoms with Crippen LogP contribution in [0.1, 0.15) is 57.9 Å². The third-order valence-electron chi connectivity index (χ3n) is 8.44. The van der Waals surface area contributed by atoms with Crippen LogP contribution in [0.4, 0.5) is 17.6 Å². The number of halogens is 6. The van der Waals surface area contributed by atoms with Crippen molar-refractivity contribution < 1.29 is 30.8 Å². The zero-order valence-corrected chi connectivity index (χ0v) is 25.6. The van der Waals surface area contributed by atoms with E-state index in [9.17, 15) is 30.8 Å². The first-order valence-corrected chi connectivity index (χ1v) is 16.0. The molecule has 41 heavy (non-hydrogen) atoms. The van der Waals surface area contributed by atoms with Crippen LogP contribution < -0.4 is 5.32 Å². The molecule has 4 rings (SSSR count). The topological polar surface area (TPSA) is 82.1 Å². The number of aliphatic imine (C=N–C) groups is 1. The minimum Gasteiger partial charge on any atom is -0.360 e. The van der Waals surface area contributed by atoms with Gasteiger partial charge in [-0.1, -0.05) is 35.7 Å². The molecule has 1 aliphatic heterocycles. The van der Waals surface area contributed by atoms with Gasteiger partial charge in [0.2, 0.25) is 22.4 Å². The fraction of sp³-hybridized carbons (Fsp3) is 0.704. The highest BCUT2D eigenvalue weighted by atomic mass is 35.5. The molecule has 0 bridgehead atoms. The minimum atomic E-state index is -4.05. The lowest BCUT2D eigenvalue weighted by Gasteiger charge is -2.43. The number of nitrogens with one attached hydrogen (secondary N) is 1. The molecule has 7 nitrogen and oxygen atoms in total. The number of nitrogens with zero attached hydrogens (tertiary/aromatic N) is 3. The third kappa shape index (κ3) is 7.30. The van der Waals surface area contributed by atoms with Crippen molar-refractivity contribution in [3.8, 4) is 0 Å². The Bertz CT molecular complexity index is 1290. The molecule has 0 radical (unpaired) electrons. The number of likely N-dealkylation sites (N-methyl/N-ethyl adjacent to an activating group) is 1. The summed E-state index contributed by atoms with van der Waals surface area (Å²) in [4.78, 5) is 19.4. The van der Waals surface area contributed by atoms with Crippen molar-refractivity contribution >= 4 is 45.0 Å². The van der Waals surface area contributed by atoms with Crippen LogP contribution in [0.2, 0.25) is 10.0 Å². The standard InChI is InChI=1S/C27H36Cl2F4N4O3S/c1-25(2)22(23(38)36(3)16-18-14-27(18,32)33)34-24(35-25)26(8-4-9-26)10-11-37(41(39,40)12-7-21(30)31)15-17-5-6-19(28)20(29)13-17/h5-6,13,18,21-22H,4,7-12,14-16H2,1-3H3,(H,34,35)/t18-,22+/m1/s1. The molecule has 1 amide bonds. The Morgan fingerprint density at radius 1 is 1.20 bits per heavy atom. The van der Waals surface area contributed by atoms with E-state index >= 15 is 0 Å². The lowest BCUT2D eigenvalue weighted by atomic mass is 9.65. The predicted molar refractivity (Wildman–Crippen MR) is 151 cm³/mol. The van der Waals surface area contributed by atoms with Gasteiger partial charge < -0.3 is 10.2 Å². The number of amidine groups is 1. The van der Waals surface area contributed by atoms with Crippen LogP contribution in [0, 0.1) is 11.3 Å². The van der Waals surface area contributed by atoms with Gasteiger partial charge in [0, 0.05) is 50.9 Å². The van der Waals surface area contributed by atoms with Crippen LogP contribution in [0.3, 0.4) is 0 Å². The normalized spacial score (nSPS) is 24.1. The molecule has 3 aliphatic rings. The summed E-state index contributed by atoms with van der Waals surface area (Å²) in [5.74, 6) is -4.01. The lowest BCUT2D eigenvalue weighted by molar-refractivity contribution is -0.133. The summed E-state index contributed by atoms with van der Waals surface area (Å²) in [6.45, 7) is 3.53. The maximum absolute atomic E-state index is 13.4. The first-order chi connectivity index (χ1) is 19.0. The third-order valence-corrected chi connectivity index (χ3v) is 11.0. The summed E-state index contributed by atoms with van der Waals surface area (Å²) in [6.07, 6.45) is -1.12. The molecule has 2 aliphatic carbocycles. The zero-order chi connectivity index (χ0) is 30.4. The van der Waals surface area contributed by atoms with Crippen LogP contribution in [0.15, 0.2) is 23.2 Å². The Labute approximate surface area is 248 Å². The van der Waals surface area contributed by atoms with E-state index in [1.54, 1.807) is 32.0 Å². The van der Waals surface area contributed by atoms with Gasteiger partial charge >= 0.3 is 0 Å². The van der Waals surface area contributed by atoms with E-state index < -0.39 is 57.5 Å². The smallest absolute Gasteiger partial charge is 0.253 e. The van der Waals surface area contributed by atoms with Gasteiger partial charge in [0.25, 0.3) is 5.92 Å². The van der Waals surface area contributed by atoms with Crippen molar-refractivity contribution in [3.05, 3.63) is 33.8 Å². The van der Waals surface area contributed by atoms with Crippen LogP contribution >= 0.6 is 23.2 Å². The fourth-order valence-corrected chi connectivity index (χ4v) is 7.29. The molecule has 0 saturated heterocycles. The van der Waals surface area contributed by atoms with Crippen LogP contribution in [-0.2, 0) is 21.4 Å². The Balaban J connectivity index is 1.49. The number of sulfonamides is 1. The van der Waals surface area contributed by atoms with Crippen LogP contribution in [0.25, 0.3) is 0 Å². The molecule has 2 atom stereocenters. The summed E-state index contributed by atoms with van der Waals surface area (Å²) in [5.41, 5.74) is -0.809. The molecule has 0 unspecified atom stereocenters. The van der Waals surface area contributed by atoms with E-state index in [0.717, 1.165) is 6.42 Å². The number of hydrogen-bond acceptors (Lipinski definition) is 5. The van der Waals surface area contributed by atoms with Crippen LogP contribution in [-0.4, -0.2) is 79.2 Å². The van der Waals surface area contributed by atoms with Crippen molar-refractivity contribution in [2.24, 2.45) is 16.3 Å². The van der Waals surface area contributed by atoms with Crippen molar-refractivity contribution in [1.82, 2.24) is 14.5 Å². The first-order valence-electron chi connectivity index (χ1n) is 13.7. The summed E-state index contributed by atoms with van der Waals surface area (Å²) < 4.78 is 80.3. The Hall–Kier alpha value is -1.63. The Morgan fingerprint density at radius 3 is 2.39 bits per heavy atom. The lowest BCUT2D eigenvalue weighted by Crippen LogP contribution is -2.55. The molecule has 230 valence electrons. The average molecular weight is 644 g/mol. The van der Waals surface area contributed by atoms with Gasteiger partial charge in [-0.2, -0.15) is 4.31 Å². The van der Waals surface area contributed by atoms with E-state index in [0.29, 0.717) is 35.7 Å². The molecule has 14 heteroatoms. The summed E-state index contributed by atoms with van der Waals surface area (Å²) in [6, 6.07) is 3.98. The van der Waals surface area contributed by atoms with Gasteiger partial charge in [-0.3, -0.25) is 9.79 Å². The number of alkyl halides is 4. The number of hydrogen-bond donors (Lipinski definition) is 1. The maximum atomic E-state index is 13.4. The van der Waals surface area contributed by atoms with E-state index in [2.05, 4.69) is 5.32 Å². The van der Waals surface area contributed by atoms with E-state index in [1.165, 1.54) is 16.3 Å². The number of carbonyl (C=O) groups excluding carboxylic acids is 1. The number of amides is 1. The monoisotopic (exact) mass is 642 g/mol. The summed E-state index contributed by atoms with van der Waals surface area (Å²) >= 11 is 12.1. The first kappa shape index (κ1) is 32.3. The van der Waals surface area contributed by atoms with E-state index in [-0.39, 0.29) is 37.0 Å². The SMILES string of the molecule is CN(C[C@H]1CC1(F)F)C(=O)[C@@H]1NC(C2(CCN(Cc3ccc(Cl)c(Cl)c3)S(=O)(=O)CCC(F)F)CCC2)=NC1(C)C. The molecule has 0 aromatic heterocycles. The molecular weight excluding hydrogens is 607 g/mol. The van der Waals surface area contributed by atoms with Gasteiger partial charge in [0.05, 0.1) is 21.3 Å². The summed E-state index contributed by atoms with van der Waals surface area (Å²) in [7, 11) is -2.54. The van der Waals surface area contributed by atoms with Gasteiger partial charge in [-0.05, 0) is 50.8 Å². The van der Waals surface area contributed by atoms with Gasteiger partial charge in [-0.15, -0.1) is 0 Å². The Kier molecular flexibility index (Phi) is 9.30. The molecule has 1 aromatic carbocycles. The second-order valence-electron chi connectivity index (χ2n) is 12.0. The quantitative estimate of drug-likeness (QED) is 0.284. The Morgan fingerprint density at radius 2 is 1.85 bits per heavy atom. The number of rotatable bonds is 13. The molecule has 1 heterocycles. The predicted octanol–water partition coefficient (Wildman–Crippen LogP) is 5.60. The largest absolute Gasteiger partial charge is 0.360 e. The highest BCUT2D eigenvalue weighted by Gasteiger charge is 2.58. The molecule has 2 fully saturated rings. The second kappa shape index (κ2) is 11.8. The highest BCUT2D eigenvalue weighted by molar-refractivity contribution is 7.89. The molecular formula is C27H36Cl2F4N4O3S. The van der Waals surface area contributed by atoms with Crippen molar-refractivity contribution in [1.29, 1.82) is 0 Å². The van der Waals surface area contributed by atoms with E-state index in [1.807, 2.05) is 0 Å². The molecule has 1 aromatic rings. The van der Waals surface area contributed by atoms with Gasteiger partial charge in [-0.25, -0.2) is 26.0 Å². The van der Waals surface area contributed by atoms with Crippen LogP contribution in [0.5, 0.6) is 0 Å². The van der Waals surface area contributed by atoms with Gasteiger partial charge in [0.15, 0.2) is 0 Å².